The van der Waals surface area contributed by atoms with Gasteiger partial charge in [0.25, 0.3) is 0 Å². The molecule has 0 aliphatic rings. The first-order valence-electron chi connectivity index (χ1n) is 3.09. The zero-order valence-electron chi connectivity index (χ0n) is 6.09. The van der Waals surface area contributed by atoms with Gasteiger partial charge in [-0.25, -0.2) is 13.1 Å². The lowest BCUT2D eigenvalue weighted by Crippen LogP contribution is -2.29. The summed E-state index contributed by atoms with van der Waals surface area (Å²) >= 11 is 3.23. The van der Waals surface area contributed by atoms with Gasteiger partial charge in [-0.1, -0.05) is 22.9 Å². The molecule has 0 aromatic carbocycles. The first kappa shape index (κ1) is 10.4. The summed E-state index contributed by atoms with van der Waals surface area (Å²) in [6.07, 6.45) is 0. The van der Waals surface area contributed by atoms with Crippen LogP contribution >= 0.6 is 15.9 Å². The molecule has 0 aromatic rings. The van der Waals surface area contributed by atoms with Gasteiger partial charge in [-0.05, 0) is 6.92 Å². The standard InChI is InChI=1S/C5H12BrNO2S/c1-3-10(8,9)7-4-5(2)6/h5,7H,3-4H2,1-2H3. The van der Waals surface area contributed by atoms with Gasteiger partial charge < -0.3 is 0 Å². The van der Waals surface area contributed by atoms with Gasteiger partial charge in [-0.15, -0.1) is 0 Å². The molecule has 10 heavy (non-hydrogen) atoms. The van der Waals surface area contributed by atoms with Crippen molar-refractivity contribution >= 4 is 26.0 Å². The van der Waals surface area contributed by atoms with E-state index in [1.165, 1.54) is 0 Å². The van der Waals surface area contributed by atoms with Gasteiger partial charge >= 0.3 is 0 Å². The van der Waals surface area contributed by atoms with Crippen LogP contribution in [0.3, 0.4) is 0 Å². The summed E-state index contributed by atoms with van der Waals surface area (Å²) in [5.41, 5.74) is 0. The second kappa shape index (κ2) is 4.31. The van der Waals surface area contributed by atoms with E-state index in [9.17, 15) is 8.42 Å². The van der Waals surface area contributed by atoms with E-state index >= 15 is 0 Å². The average Bonchev–Trinajstić information content (AvgIpc) is 1.85. The Labute approximate surface area is 70.4 Å². The van der Waals surface area contributed by atoms with Crippen molar-refractivity contribution in [3.05, 3.63) is 0 Å². The third-order valence-corrected chi connectivity index (χ3v) is 2.65. The van der Waals surface area contributed by atoms with Crippen molar-refractivity contribution in [2.24, 2.45) is 0 Å². The summed E-state index contributed by atoms with van der Waals surface area (Å²) in [5, 5.41) is 0. The normalized spacial score (nSPS) is 15.1. The monoisotopic (exact) mass is 229 g/mol. The van der Waals surface area contributed by atoms with E-state index in [2.05, 4.69) is 20.7 Å². The molecule has 0 aliphatic heterocycles. The van der Waals surface area contributed by atoms with E-state index in [1.807, 2.05) is 6.92 Å². The SMILES string of the molecule is CCS(=O)(=O)NCC(C)Br. The lowest BCUT2D eigenvalue weighted by molar-refractivity contribution is 0.583. The van der Waals surface area contributed by atoms with E-state index in [0.29, 0.717) is 6.54 Å². The first-order valence-corrected chi connectivity index (χ1v) is 5.66. The molecular weight excluding hydrogens is 218 g/mol. The minimum absolute atomic E-state index is 0.146. The van der Waals surface area contributed by atoms with Crippen LogP contribution in [0.5, 0.6) is 0 Å². The maximum Gasteiger partial charge on any atom is 0.211 e. The largest absolute Gasteiger partial charge is 0.214 e. The Hall–Kier alpha value is 0.390. The lowest BCUT2D eigenvalue weighted by Gasteiger charge is -2.04. The van der Waals surface area contributed by atoms with Crippen LogP contribution in [-0.2, 0) is 10.0 Å². The highest BCUT2D eigenvalue weighted by molar-refractivity contribution is 9.09. The molecule has 0 radical (unpaired) electrons. The average molecular weight is 230 g/mol. The quantitative estimate of drug-likeness (QED) is 0.723. The van der Waals surface area contributed by atoms with Gasteiger partial charge in [-0.2, -0.15) is 0 Å². The summed E-state index contributed by atoms with van der Waals surface area (Å²) in [5.74, 6) is 0.146. The van der Waals surface area contributed by atoms with Gasteiger partial charge in [0, 0.05) is 11.4 Å². The Kier molecular flexibility index (Phi) is 4.47. The second-order valence-corrected chi connectivity index (χ2v) is 5.69. The molecule has 0 bridgehead atoms. The zero-order valence-corrected chi connectivity index (χ0v) is 8.50. The number of halogens is 1. The maximum absolute atomic E-state index is 10.8. The molecule has 0 fully saturated rings. The van der Waals surface area contributed by atoms with Gasteiger partial charge in [0.05, 0.1) is 5.75 Å². The number of hydrogen-bond donors (Lipinski definition) is 1. The number of sulfonamides is 1. The van der Waals surface area contributed by atoms with Crippen molar-refractivity contribution in [3.63, 3.8) is 0 Å². The highest BCUT2D eigenvalue weighted by Gasteiger charge is 2.06. The second-order valence-electron chi connectivity index (χ2n) is 2.03. The molecule has 0 spiro atoms. The smallest absolute Gasteiger partial charge is 0.211 e. The van der Waals surface area contributed by atoms with E-state index in [4.69, 9.17) is 0 Å². The predicted molar refractivity (Wildman–Crippen MR) is 45.9 cm³/mol. The Balaban J connectivity index is 3.70. The van der Waals surface area contributed by atoms with Crippen LogP contribution in [0, 0.1) is 0 Å². The maximum atomic E-state index is 10.8. The summed E-state index contributed by atoms with van der Waals surface area (Å²) in [6, 6.07) is 0. The van der Waals surface area contributed by atoms with Crippen LogP contribution in [0.1, 0.15) is 13.8 Å². The van der Waals surface area contributed by atoms with Gasteiger partial charge in [0.1, 0.15) is 0 Å². The van der Waals surface area contributed by atoms with Crippen molar-refractivity contribution in [1.29, 1.82) is 0 Å². The van der Waals surface area contributed by atoms with Crippen LogP contribution in [0.2, 0.25) is 0 Å². The molecule has 0 amide bonds. The van der Waals surface area contributed by atoms with Gasteiger partial charge in [0.2, 0.25) is 10.0 Å². The fourth-order valence-corrected chi connectivity index (χ4v) is 1.43. The summed E-state index contributed by atoms with van der Waals surface area (Å²) in [7, 11) is -2.99. The molecule has 5 heteroatoms. The third-order valence-electron chi connectivity index (χ3n) is 0.965. The summed E-state index contributed by atoms with van der Waals surface area (Å²) < 4.78 is 24.0. The molecule has 3 nitrogen and oxygen atoms in total. The van der Waals surface area contributed by atoms with E-state index < -0.39 is 10.0 Å². The Morgan fingerprint density at radius 3 is 2.40 bits per heavy atom. The molecule has 0 heterocycles. The molecule has 0 aromatic heterocycles. The third kappa shape index (κ3) is 5.20. The minimum atomic E-state index is -2.99. The summed E-state index contributed by atoms with van der Waals surface area (Å²) in [6.45, 7) is 3.95. The van der Waals surface area contributed by atoms with Crippen LogP contribution in [0.25, 0.3) is 0 Å². The lowest BCUT2D eigenvalue weighted by atomic mass is 10.5. The van der Waals surface area contributed by atoms with Crippen molar-refractivity contribution in [2.75, 3.05) is 12.3 Å². The predicted octanol–water partition coefficient (Wildman–Crippen LogP) is 0.709. The number of nitrogens with one attached hydrogen (secondary N) is 1. The van der Waals surface area contributed by atoms with Gasteiger partial charge in [-0.3, -0.25) is 0 Å². The molecule has 1 atom stereocenters. The Bertz CT molecular complexity index is 176. The fourth-order valence-electron chi connectivity index (χ4n) is 0.344. The topological polar surface area (TPSA) is 46.2 Å². The molecule has 62 valence electrons. The zero-order chi connectivity index (χ0) is 8.20. The molecule has 1 unspecified atom stereocenters. The first-order chi connectivity index (χ1) is 4.48. The molecular formula is C5H12BrNO2S. The van der Waals surface area contributed by atoms with Crippen molar-refractivity contribution in [1.82, 2.24) is 4.72 Å². The van der Waals surface area contributed by atoms with Gasteiger partial charge in [0.15, 0.2) is 0 Å². The molecule has 0 saturated heterocycles. The van der Waals surface area contributed by atoms with Crippen LogP contribution in [0.4, 0.5) is 0 Å². The number of rotatable bonds is 4. The van der Waals surface area contributed by atoms with E-state index in [1.54, 1.807) is 6.92 Å². The van der Waals surface area contributed by atoms with Crippen molar-refractivity contribution in [3.8, 4) is 0 Å². The fraction of sp³-hybridized carbons (Fsp3) is 1.00. The highest BCUT2D eigenvalue weighted by atomic mass is 79.9. The molecule has 1 N–H and O–H groups in total. The van der Waals surface area contributed by atoms with E-state index in [-0.39, 0.29) is 10.6 Å². The molecule has 0 aliphatic carbocycles. The minimum Gasteiger partial charge on any atom is -0.214 e. The Morgan fingerprint density at radius 1 is 1.60 bits per heavy atom. The number of alkyl halides is 1. The van der Waals surface area contributed by atoms with E-state index in [0.717, 1.165) is 0 Å². The molecule has 0 saturated carbocycles. The van der Waals surface area contributed by atoms with Crippen LogP contribution in [0.15, 0.2) is 0 Å². The summed E-state index contributed by atoms with van der Waals surface area (Å²) in [4.78, 5) is 0.189. The van der Waals surface area contributed by atoms with Crippen LogP contribution in [-0.4, -0.2) is 25.5 Å². The van der Waals surface area contributed by atoms with Crippen LogP contribution < -0.4 is 4.72 Å². The van der Waals surface area contributed by atoms with Crippen molar-refractivity contribution < 1.29 is 8.42 Å². The highest BCUT2D eigenvalue weighted by Crippen LogP contribution is 1.95. The number of hydrogen-bond acceptors (Lipinski definition) is 2. The Morgan fingerprint density at radius 2 is 2.10 bits per heavy atom. The molecule has 0 rings (SSSR count). The van der Waals surface area contributed by atoms with Crippen molar-refractivity contribution in [2.45, 2.75) is 18.7 Å².